The van der Waals surface area contributed by atoms with Crippen molar-refractivity contribution >= 4 is 10.8 Å². The maximum atomic E-state index is 5.71. The first-order valence-corrected chi connectivity index (χ1v) is 7.05. The highest BCUT2D eigenvalue weighted by molar-refractivity contribution is 5.85. The van der Waals surface area contributed by atoms with Crippen molar-refractivity contribution in [3.05, 3.63) is 36.4 Å². The maximum absolute atomic E-state index is 5.71. The molecule has 2 aromatic carbocycles. The molecule has 3 heteroatoms. The lowest BCUT2D eigenvalue weighted by Gasteiger charge is -2.12. The van der Waals surface area contributed by atoms with Gasteiger partial charge in [0.2, 0.25) is 0 Å². The molecule has 0 radical (unpaired) electrons. The van der Waals surface area contributed by atoms with E-state index in [-0.39, 0.29) is 0 Å². The van der Waals surface area contributed by atoms with Gasteiger partial charge in [0, 0.05) is 0 Å². The third-order valence-electron chi connectivity index (χ3n) is 3.35. The highest BCUT2D eigenvalue weighted by Gasteiger charge is 2.01. The average Bonchev–Trinajstić information content (AvgIpc) is 2.50. The van der Waals surface area contributed by atoms with E-state index in [1.165, 1.54) is 0 Å². The van der Waals surface area contributed by atoms with E-state index in [4.69, 9.17) is 14.2 Å². The van der Waals surface area contributed by atoms with Crippen molar-refractivity contribution in [2.45, 2.75) is 26.4 Å². The molecule has 2 rings (SSSR count). The van der Waals surface area contributed by atoms with Crippen LogP contribution in [0.1, 0.15) is 20.3 Å². The molecule has 108 valence electrons. The minimum Gasteiger partial charge on any atom is -0.497 e. The van der Waals surface area contributed by atoms with Crippen LogP contribution in [0.5, 0.6) is 11.5 Å². The second-order valence-corrected chi connectivity index (χ2v) is 4.81. The van der Waals surface area contributed by atoms with Gasteiger partial charge >= 0.3 is 0 Å². The first-order chi connectivity index (χ1) is 9.72. The SMILES string of the molecule is CCC(C)OCCOc1ccc2cc(OC)ccc2c1. The van der Waals surface area contributed by atoms with Crippen LogP contribution in [0.15, 0.2) is 36.4 Å². The predicted molar refractivity (Wildman–Crippen MR) is 81.7 cm³/mol. The van der Waals surface area contributed by atoms with Crippen LogP contribution in [0, 0.1) is 0 Å². The lowest BCUT2D eigenvalue weighted by molar-refractivity contribution is 0.0427. The van der Waals surface area contributed by atoms with E-state index in [0.29, 0.717) is 19.3 Å². The fraction of sp³-hybridized carbons (Fsp3) is 0.412. The zero-order chi connectivity index (χ0) is 14.4. The summed E-state index contributed by atoms with van der Waals surface area (Å²) in [4.78, 5) is 0. The summed E-state index contributed by atoms with van der Waals surface area (Å²) in [5.74, 6) is 1.74. The van der Waals surface area contributed by atoms with Crippen molar-refractivity contribution in [3.63, 3.8) is 0 Å². The molecule has 0 aliphatic rings. The number of hydrogen-bond acceptors (Lipinski definition) is 3. The van der Waals surface area contributed by atoms with Gasteiger partial charge in [-0.3, -0.25) is 0 Å². The molecule has 0 aliphatic carbocycles. The normalized spacial score (nSPS) is 12.3. The Bertz CT molecular complexity index is 551. The van der Waals surface area contributed by atoms with E-state index in [0.717, 1.165) is 28.7 Å². The summed E-state index contributed by atoms with van der Waals surface area (Å²) in [6.45, 7) is 5.38. The molecule has 0 saturated carbocycles. The molecule has 0 N–H and O–H groups in total. The number of fused-ring (bicyclic) bond motifs is 1. The van der Waals surface area contributed by atoms with Gasteiger partial charge in [0.1, 0.15) is 18.1 Å². The van der Waals surface area contributed by atoms with Gasteiger partial charge in [-0.1, -0.05) is 19.1 Å². The van der Waals surface area contributed by atoms with Crippen molar-refractivity contribution in [1.82, 2.24) is 0 Å². The van der Waals surface area contributed by atoms with Crippen LogP contribution in [0.25, 0.3) is 10.8 Å². The number of hydrogen-bond donors (Lipinski definition) is 0. The first-order valence-electron chi connectivity index (χ1n) is 7.05. The Morgan fingerprint density at radius 3 is 2.25 bits per heavy atom. The molecule has 0 heterocycles. The summed E-state index contributed by atoms with van der Waals surface area (Å²) < 4.78 is 16.5. The fourth-order valence-electron chi connectivity index (χ4n) is 1.95. The monoisotopic (exact) mass is 274 g/mol. The largest absolute Gasteiger partial charge is 0.497 e. The first kappa shape index (κ1) is 14.7. The number of rotatable bonds is 7. The number of benzene rings is 2. The quantitative estimate of drug-likeness (QED) is 0.713. The molecule has 20 heavy (non-hydrogen) atoms. The van der Waals surface area contributed by atoms with Crippen LogP contribution in [-0.2, 0) is 4.74 Å². The summed E-state index contributed by atoms with van der Waals surface area (Å²) in [5.41, 5.74) is 0. The topological polar surface area (TPSA) is 27.7 Å². The van der Waals surface area contributed by atoms with E-state index in [1.54, 1.807) is 7.11 Å². The zero-order valence-electron chi connectivity index (χ0n) is 12.4. The molecule has 0 saturated heterocycles. The Morgan fingerprint density at radius 2 is 1.60 bits per heavy atom. The fourth-order valence-corrected chi connectivity index (χ4v) is 1.95. The van der Waals surface area contributed by atoms with Crippen molar-refractivity contribution in [3.8, 4) is 11.5 Å². The van der Waals surface area contributed by atoms with Crippen molar-refractivity contribution in [1.29, 1.82) is 0 Å². The predicted octanol–water partition coefficient (Wildman–Crippen LogP) is 4.04. The Balaban J connectivity index is 1.94. The van der Waals surface area contributed by atoms with Gasteiger partial charge in [-0.25, -0.2) is 0 Å². The second kappa shape index (κ2) is 7.15. The van der Waals surface area contributed by atoms with Crippen LogP contribution in [0.3, 0.4) is 0 Å². The standard InChI is InChI=1S/C17H22O3/c1-4-13(2)19-9-10-20-17-8-6-14-11-16(18-3)7-5-15(14)12-17/h5-8,11-13H,4,9-10H2,1-3H3. The van der Waals surface area contributed by atoms with Crippen LogP contribution in [0.2, 0.25) is 0 Å². The molecule has 0 spiro atoms. The Morgan fingerprint density at radius 1 is 0.950 bits per heavy atom. The van der Waals surface area contributed by atoms with Crippen LogP contribution in [-0.4, -0.2) is 26.4 Å². The molecule has 2 aromatic rings. The Labute approximate surface area is 120 Å². The van der Waals surface area contributed by atoms with E-state index in [2.05, 4.69) is 13.8 Å². The molecular weight excluding hydrogens is 252 g/mol. The average molecular weight is 274 g/mol. The van der Waals surface area contributed by atoms with Gasteiger partial charge in [-0.2, -0.15) is 0 Å². The molecular formula is C17H22O3. The summed E-state index contributed by atoms with van der Waals surface area (Å²) in [5, 5.41) is 2.29. The molecule has 1 atom stereocenters. The molecule has 3 nitrogen and oxygen atoms in total. The van der Waals surface area contributed by atoms with Crippen LogP contribution in [0.4, 0.5) is 0 Å². The highest BCUT2D eigenvalue weighted by atomic mass is 16.5. The van der Waals surface area contributed by atoms with E-state index in [1.807, 2.05) is 36.4 Å². The summed E-state index contributed by atoms with van der Waals surface area (Å²) in [6.07, 6.45) is 1.32. The molecule has 0 aliphatic heterocycles. The number of methoxy groups -OCH3 is 1. The molecule has 0 amide bonds. The van der Waals surface area contributed by atoms with Crippen molar-refractivity contribution in [2.24, 2.45) is 0 Å². The molecule has 0 aromatic heterocycles. The van der Waals surface area contributed by atoms with Gasteiger partial charge in [-0.05, 0) is 48.4 Å². The molecule has 0 bridgehead atoms. The van der Waals surface area contributed by atoms with Crippen LogP contribution >= 0.6 is 0 Å². The summed E-state index contributed by atoms with van der Waals surface area (Å²) >= 11 is 0. The molecule has 1 unspecified atom stereocenters. The third kappa shape index (κ3) is 3.87. The molecule has 0 fully saturated rings. The van der Waals surface area contributed by atoms with Gasteiger partial charge in [0.15, 0.2) is 0 Å². The minimum absolute atomic E-state index is 0.294. The van der Waals surface area contributed by atoms with E-state index in [9.17, 15) is 0 Å². The minimum atomic E-state index is 0.294. The Hall–Kier alpha value is -1.74. The second-order valence-electron chi connectivity index (χ2n) is 4.81. The summed E-state index contributed by atoms with van der Waals surface area (Å²) in [7, 11) is 1.68. The smallest absolute Gasteiger partial charge is 0.120 e. The highest BCUT2D eigenvalue weighted by Crippen LogP contribution is 2.24. The lowest BCUT2D eigenvalue weighted by atomic mass is 10.1. The summed E-state index contributed by atoms with van der Waals surface area (Å²) in [6, 6.07) is 12.1. The number of ether oxygens (including phenoxy) is 3. The van der Waals surface area contributed by atoms with Crippen LogP contribution < -0.4 is 9.47 Å². The van der Waals surface area contributed by atoms with E-state index >= 15 is 0 Å². The maximum Gasteiger partial charge on any atom is 0.120 e. The van der Waals surface area contributed by atoms with Gasteiger partial charge in [0.05, 0.1) is 19.8 Å². The van der Waals surface area contributed by atoms with E-state index < -0.39 is 0 Å². The van der Waals surface area contributed by atoms with Gasteiger partial charge in [0.25, 0.3) is 0 Å². The van der Waals surface area contributed by atoms with Gasteiger partial charge in [-0.15, -0.1) is 0 Å². The van der Waals surface area contributed by atoms with Crippen molar-refractivity contribution < 1.29 is 14.2 Å². The Kier molecular flexibility index (Phi) is 5.24. The lowest BCUT2D eigenvalue weighted by Crippen LogP contribution is -2.13. The zero-order valence-corrected chi connectivity index (χ0v) is 12.4. The third-order valence-corrected chi connectivity index (χ3v) is 3.35. The van der Waals surface area contributed by atoms with Gasteiger partial charge < -0.3 is 14.2 Å². The van der Waals surface area contributed by atoms with Crippen molar-refractivity contribution in [2.75, 3.05) is 20.3 Å².